The Bertz CT molecular complexity index is 1240. The first kappa shape index (κ1) is 23.4. The van der Waals surface area contributed by atoms with Crippen molar-refractivity contribution in [3.63, 3.8) is 0 Å². The molecule has 2 nitrogen and oxygen atoms in total. The SMILES string of the molecule is N#Cc1cn(-c2cc[c-]cc2)cc1-c1cccc(CCc2ccccc2C(F)(F)F)c1.[Cr]. The molecule has 4 rings (SSSR count). The molecule has 160 valence electrons. The van der Waals surface area contributed by atoms with Gasteiger partial charge in [0.2, 0.25) is 0 Å². The first-order chi connectivity index (χ1) is 15.0. The predicted molar refractivity (Wildman–Crippen MR) is 114 cm³/mol. The monoisotopic (exact) mass is 467 g/mol. The Hall–Kier alpha value is -3.25. The van der Waals surface area contributed by atoms with Gasteiger partial charge < -0.3 is 4.57 Å². The van der Waals surface area contributed by atoms with Crippen molar-refractivity contribution in [3.05, 3.63) is 114 Å². The minimum atomic E-state index is -4.36. The number of aromatic nitrogens is 1. The fourth-order valence-corrected chi connectivity index (χ4v) is 3.66. The molecule has 0 saturated heterocycles. The molecular formula is C26H18CrF3N2-. The molecule has 0 N–H and O–H groups in total. The molecule has 1 aromatic heterocycles. The summed E-state index contributed by atoms with van der Waals surface area (Å²) in [4.78, 5) is 0. The summed E-state index contributed by atoms with van der Waals surface area (Å²) in [7, 11) is 0. The first-order valence-corrected chi connectivity index (χ1v) is 9.79. The molecule has 0 atom stereocenters. The molecule has 0 saturated carbocycles. The normalized spacial score (nSPS) is 10.9. The topological polar surface area (TPSA) is 28.7 Å². The van der Waals surface area contributed by atoms with E-state index in [4.69, 9.17) is 0 Å². The summed E-state index contributed by atoms with van der Waals surface area (Å²) in [5.41, 5.74) is 3.71. The summed E-state index contributed by atoms with van der Waals surface area (Å²) >= 11 is 0. The van der Waals surface area contributed by atoms with Crippen LogP contribution in [0.5, 0.6) is 0 Å². The van der Waals surface area contributed by atoms with E-state index in [0.717, 1.165) is 28.4 Å². The maximum atomic E-state index is 13.3. The van der Waals surface area contributed by atoms with Gasteiger partial charge in [0.05, 0.1) is 11.1 Å². The van der Waals surface area contributed by atoms with Crippen LogP contribution in [-0.2, 0) is 36.4 Å². The van der Waals surface area contributed by atoms with Crippen molar-refractivity contribution < 1.29 is 30.5 Å². The number of nitrogens with zero attached hydrogens (tertiary/aromatic N) is 2. The van der Waals surface area contributed by atoms with E-state index >= 15 is 0 Å². The second-order valence-corrected chi connectivity index (χ2v) is 7.22. The van der Waals surface area contributed by atoms with Gasteiger partial charge in [-0.25, -0.2) is 0 Å². The molecule has 0 spiro atoms. The van der Waals surface area contributed by atoms with E-state index in [1.165, 1.54) is 12.1 Å². The fourth-order valence-electron chi connectivity index (χ4n) is 3.66. The standard InChI is InChI=1S/C26H18F3N2.Cr/c27-26(28,29)25-12-5-4-8-20(25)14-13-19-7-6-9-21(15-19)24-18-31(17-22(24)16-30)23-10-2-1-3-11-23;/h2-12,15,17-18H,13-14H2;/q-1;. The van der Waals surface area contributed by atoms with Crippen LogP contribution < -0.4 is 0 Å². The third-order valence-corrected chi connectivity index (χ3v) is 5.19. The quantitative estimate of drug-likeness (QED) is 0.303. The Kier molecular flexibility index (Phi) is 7.26. The third kappa shape index (κ3) is 5.14. The van der Waals surface area contributed by atoms with E-state index in [0.29, 0.717) is 12.0 Å². The average molecular weight is 467 g/mol. The number of aryl methyl sites for hydroxylation is 2. The second kappa shape index (κ2) is 9.92. The maximum Gasteiger partial charge on any atom is 0.416 e. The van der Waals surface area contributed by atoms with Crippen molar-refractivity contribution in [1.29, 1.82) is 5.26 Å². The number of rotatable bonds is 5. The number of nitriles is 1. The largest absolute Gasteiger partial charge is 0.416 e. The number of benzene rings is 3. The molecule has 0 aliphatic rings. The van der Waals surface area contributed by atoms with Gasteiger partial charge in [-0.2, -0.15) is 36.6 Å². The van der Waals surface area contributed by atoms with Crippen LogP contribution in [0.1, 0.15) is 22.3 Å². The molecule has 0 unspecified atom stereocenters. The van der Waals surface area contributed by atoms with Crippen LogP contribution in [0.2, 0.25) is 0 Å². The Labute approximate surface area is 195 Å². The molecule has 3 aromatic carbocycles. The van der Waals surface area contributed by atoms with Crippen molar-refractivity contribution in [3.8, 4) is 22.9 Å². The molecule has 0 fully saturated rings. The molecule has 4 aromatic rings. The van der Waals surface area contributed by atoms with E-state index < -0.39 is 11.7 Å². The minimum absolute atomic E-state index is 0. The molecule has 0 bridgehead atoms. The van der Waals surface area contributed by atoms with E-state index in [9.17, 15) is 18.4 Å². The summed E-state index contributed by atoms with van der Waals surface area (Å²) in [6.07, 6.45) is 0.0605. The van der Waals surface area contributed by atoms with Gasteiger partial charge in [0.1, 0.15) is 6.07 Å². The zero-order chi connectivity index (χ0) is 21.8. The van der Waals surface area contributed by atoms with E-state index in [1.54, 1.807) is 24.4 Å². The molecule has 0 radical (unpaired) electrons. The van der Waals surface area contributed by atoms with Gasteiger partial charge >= 0.3 is 6.18 Å². The van der Waals surface area contributed by atoms with E-state index in [-0.39, 0.29) is 29.3 Å². The Morgan fingerprint density at radius 2 is 1.66 bits per heavy atom. The first-order valence-electron chi connectivity index (χ1n) is 9.79. The van der Waals surface area contributed by atoms with Crippen molar-refractivity contribution in [2.45, 2.75) is 19.0 Å². The van der Waals surface area contributed by atoms with Gasteiger partial charge in [0, 0.05) is 35.3 Å². The summed E-state index contributed by atoms with van der Waals surface area (Å²) < 4.78 is 41.6. The van der Waals surface area contributed by atoms with Crippen LogP contribution in [0, 0.1) is 17.4 Å². The van der Waals surface area contributed by atoms with E-state index in [2.05, 4.69) is 12.1 Å². The number of halogens is 3. The van der Waals surface area contributed by atoms with Gasteiger partial charge in [-0.1, -0.05) is 48.2 Å². The minimum Gasteiger partial charge on any atom is -0.345 e. The third-order valence-electron chi connectivity index (χ3n) is 5.19. The summed E-state index contributed by atoms with van der Waals surface area (Å²) in [5.74, 6) is 0. The smallest absolute Gasteiger partial charge is 0.345 e. The molecule has 0 aliphatic carbocycles. The molecule has 1 heterocycles. The Morgan fingerprint density at radius 3 is 2.38 bits per heavy atom. The summed E-state index contributed by atoms with van der Waals surface area (Å²) in [5, 5.41) is 9.59. The van der Waals surface area contributed by atoms with E-state index in [1.807, 2.05) is 47.2 Å². The van der Waals surface area contributed by atoms with Crippen LogP contribution in [-0.4, -0.2) is 4.57 Å². The molecular weight excluding hydrogens is 449 g/mol. The number of alkyl halides is 3. The fraction of sp³-hybridized carbons (Fsp3) is 0.115. The van der Waals surface area contributed by atoms with Crippen molar-refractivity contribution in [2.75, 3.05) is 0 Å². The Balaban J connectivity index is 0.00000289. The molecule has 32 heavy (non-hydrogen) atoms. The molecule has 6 heteroatoms. The summed E-state index contributed by atoms with van der Waals surface area (Å²) in [6, 6.07) is 25.9. The number of hydrogen-bond donors (Lipinski definition) is 0. The van der Waals surface area contributed by atoms with Gasteiger partial charge in [0.15, 0.2) is 0 Å². The van der Waals surface area contributed by atoms with Crippen LogP contribution >= 0.6 is 0 Å². The zero-order valence-electron chi connectivity index (χ0n) is 16.9. The van der Waals surface area contributed by atoms with Crippen LogP contribution in [0.3, 0.4) is 0 Å². The van der Waals surface area contributed by atoms with Crippen molar-refractivity contribution in [1.82, 2.24) is 4.57 Å². The van der Waals surface area contributed by atoms with Gasteiger partial charge in [0.25, 0.3) is 0 Å². The number of hydrogen-bond acceptors (Lipinski definition) is 1. The average Bonchev–Trinajstić information content (AvgIpc) is 3.23. The Morgan fingerprint density at radius 1 is 0.906 bits per heavy atom. The molecule has 0 aliphatic heterocycles. The van der Waals surface area contributed by atoms with Crippen molar-refractivity contribution >= 4 is 0 Å². The van der Waals surface area contributed by atoms with Crippen LogP contribution in [0.15, 0.2) is 85.2 Å². The van der Waals surface area contributed by atoms with Crippen molar-refractivity contribution in [2.24, 2.45) is 0 Å². The van der Waals surface area contributed by atoms with Gasteiger partial charge in [-0.15, -0.1) is 12.1 Å². The van der Waals surface area contributed by atoms with Crippen LogP contribution in [0.4, 0.5) is 13.2 Å². The zero-order valence-corrected chi connectivity index (χ0v) is 18.2. The van der Waals surface area contributed by atoms with Gasteiger partial charge in [-0.05, 0) is 35.6 Å². The second-order valence-electron chi connectivity index (χ2n) is 7.22. The summed E-state index contributed by atoms with van der Waals surface area (Å²) in [6.45, 7) is 0. The van der Waals surface area contributed by atoms with Gasteiger partial charge in [-0.3, -0.25) is 0 Å². The van der Waals surface area contributed by atoms with Crippen LogP contribution in [0.25, 0.3) is 16.8 Å². The maximum absolute atomic E-state index is 13.3. The predicted octanol–water partition coefficient (Wildman–Crippen LogP) is 6.62. The molecule has 0 amide bonds.